The molecular weight excluding hydrogens is 492 g/mol. The molecular formula is C28H32N2O8. The molecule has 3 rings (SSSR count). The van der Waals surface area contributed by atoms with E-state index in [2.05, 4.69) is 4.99 Å². The fourth-order valence-electron chi connectivity index (χ4n) is 4.47. The van der Waals surface area contributed by atoms with Gasteiger partial charge in [-0.25, -0.2) is 4.79 Å². The molecule has 0 aromatic heterocycles. The molecule has 2 unspecified atom stereocenters. The molecule has 10 nitrogen and oxygen atoms in total. The van der Waals surface area contributed by atoms with E-state index in [1.807, 2.05) is 31.2 Å². The number of carbonyl (C=O) groups is 2. The number of carbonyl (C=O) groups excluding carboxylic acids is 2. The molecule has 0 spiro atoms. The highest BCUT2D eigenvalue weighted by molar-refractivity contribution is 6.07. The zero-order valence-corrected chi connectivity index (χ0v) is 21.7. The second-order valence-corrected chi connectivity index (χ2v) is 8.74. The number of ether oxygens (including phenoxy) is 3. The number of nitro benzene ring substituents is 1. The lowest BCUT2D eigenvalue weighted by Gasteiger charge is -2.32. The molecule has 1 aliphatic rings. The molecule has 38 heavy (non-hydrogen) atoms. The standard InChI is InChI=1S/C28H32N2O8/c1-4-23-26(27(32)36-3)25(20-7-5-8-21(17-20)30(34)35)24(18(2)29-23)28(33)38-16-6-15-37-22-11-9-19(10-12-22)13-14-31/h5,7-12,17,25-26,31H,4,6,13-16H2,1-3H3. The number of non-ortho nitro benzene ring substituents is 1. The van der Waals surface area contributed by atoms with Crippen molar-refractivity contribution < 1.29 is 33.8 Å². The van der Waals surface area contributed by atoms with Gasteiger partial charge < -0.3 is 19.3 Å². The van der Waals surface area contributed by atoms with Crippen LogP contribution in [0.25, 0.3) is 0 Å². The van der Waals surface area contributed by atoms with Crippen LogP contribution in [0.4, 0.5) is 5.69 Å². The Balaban J connectivity index is 1.77. The molecule has 0 radical (unpaired) electrons. The van der Waals surface area contributed by atoms with E-state index >= 15 is 0 Å². The van der Waals surface area contributed by atoms with Gasteiger partial charge in [0, 0.05) is 42.5 Å². The molecule has 0 fully saturated rings. The average molecular weight is 525 g/mol. The first-order valence-corrected chi connectivity index (χ1v) is 12.4. The van der Waals surface area contributed by atoms with Crippen molar-refractivity contribution in [3.05, 3.63) is 81.0 Å². The van der Waals surface area contributed by atoms with Crippen LogP contribution in [0.5, 0.6) is 5.75 Å². The van der Waals surface area contributed by atoms with Crippen molar-refractivity contribution in [2.24, 2.45) is 10.9 Å². The van der Waals surface area contributed by atoms with E-state index in [1.165, 1.54) is 25.3 Å². The summed E-state index contributed by atoms with van der Waals surface area (Å²) in [6.07, 6.45) is 1.43. The number of aliphatic imine (C=N–C) groups is 1. The largest absolute Gasteiger partial charge is 0.493 e. The number of aliphatic hydroxyl groups excluding tert-OH is 1. The number of hydrogen-bond donors (Lipinski definition) is 1. The summed E-state index contributed by atoms with van der Waals surface area (Å²) in [6, 6.07) is 13.3. The zero-order valence-electron chi connectivity index (χ0n) is 21.7. The van der Waals surface area contributed by atoms with Crippen LogP contribution < -0.4 is 4.74 Å². The SMILES string of the molecule is CCC1=NC(C)=C(C(=O)OCCCOc2ccc(CCO)cc2)C(c2cccc([N+](=O)[O-])c2)C1C(=O)OC. The van der Waals surface area contributed by atoms with Crippen molar-refractivity contribution >= 4 is 23.3 Å². The molecule has 0 saturated carbocycles. The maximum absolute atomic E-state index is 13.3. The van der Waals surface area contributed by atoms with Crippen LogP contribution in [-0.2, 0) is 25.5 Å². The number of nitrogens with zero attached hydrogens (tertiary/aromatic N) is 2. The lowest BCUT2D eigenvalue weighted by molar-refractivity contribution is -0.384. The Labute approximate surface area is 221 Å². The van der Waals surface area contributed by atoms with Crippen LogP contribution >= 0.6 is 0 Å². The Morgan fingerprint density at radius 3 is 2.50 bits per heavy atom. The number of hydrogen-bond acceptors (Lipinski definition) is 9. The van der Waals surface area contributed by atoms with E-state index in [-0.39, 0.29) is 24.5 Å². The van der Waals surface area contributed by atoms with E-state index in [4.69, 9.17) is 19.3 Å². The molecule has 10 heteroatoms. The Morgan fingerprint density at radius 2 is 1.87 bits per heavy atom. The number of allylic oxidation sites excluding steroid dienone is 1. The van der Waals surface area contributed by atoms with Crippen LogP contribution in [0.1, 0.15) is 43.7 Å². The molecule has 0 amide bonds. The van der Waals surface area contributed by atoms with Crippen molar-refractivity contribution in [2.75, 3.05) is 26.9 Å². The van der Waals surface area contributed by atoms with E-state index in [1.54, 1.807) is 13.0 Å². The van der Waals surface area contributed by atoms with Crippen molar-refractivity contribution in [2.45, 2.75) is 39.0 Å². The number of aliphatic hydroxyl groups is 1. The zero-order chi connectivity index (χ0) is 27.7. The quantitative estimate of drug-likeness (QED) is 0.189. The lowest BCUT2D eigenvalue weighted by Crippen LogP contribution is -2.37. The van der Waals surface area contributed by atoms with Gasteiger partial charge in [0.1, 0.15) is 11.7 Å². The van der Waals surface area contributed by atoms with Gasteiger partial charge in [0.05, 0.1) is 30.8 Å². The summed E-state index contributed by atoms with van der Waals surface area (Å²) in [6.45, 7) is 3.95. The van der Waals surface area contributed by atoms with Gasteiger partial charge in [0.2, 0.25) is 0 Å². The third kappa shape index (κ3) is 6.83. The molecule has 0 aliphatic carbocycles. The summed E-state index contributed by atoms with van der Waals surface area (Å²) >= 11 is 0. The number of benzene rings is 2. The summed E-state index contributed by atoms with van der Waals surface area (Å²) in [7, 11) is 1.25. The van der Waals surface area contributed by atoms with E-state index in [0.717, 1.165) is 5.56 Å². The van der Waals surface area contributed by atoms with E-state index < -0.39 is 28.7 Å². The maximum atomic E-state index is 13.3. The van der Waals surface area contributed by atoms with Gasteiger partial charge in [-0.05, 0) is 43.0 Å². The molecule has 0 saturated heterocycles. The first kappa shape index (κ1) is 28.5. The molecule has 1 aliphatic heterocycles. The topological polar surface area (TPSA) is 138 Å². The van der Waals surface area contributed by atoms with Gasteiger partial charge in [-0.15, -0.1) is 0 Å². The summed E-state index contributed by atoms with van der Waals surface area (Å²) < 4.78 is 16.3. The summed E-state index contributed by atoms with van der Waals surface area (Å²) in [5, 5.41) is 20.4. The summed E-state index contributed by atoms with van der Waals surface area (Å²) in [4.78, 5) is 41.6. The third-order valence-corrected chi connectivity index (χ3v) is 6.30. The Morgan fingerprint density at radius 1 is 1.13 bits per heavy atom. The van der Waals surface area contributed by atoms with Crippen LogP contribution in [0.15, 0.2) is 64.8 Å². The van der Waals surface area contributed by atoms with Gasteiger partial charge in [-0.3, -0.25) is 19.9 Å². The predicted molar refractivity (Wildman–Crippen MR) is 140 cm³/mol. The summed E-state index contributed by atoms with van der Waals surface area (Å²) in [5.74, 6) is -2.35. The Bertz CT molecular complexity index is 1220. The minimum atomic E-state index is -0.921. The molecule has 1 heterocycles. The highest BCUT2D eigenvalue weighted by Crippen LogP contribution is 2.41. The Hall–Kier alpha value is -4.05. The fraction of sp³-hybridized carbons (Fsp3) is 0.393. The first-order chi connectivity index (χ1) is 18.3. The highest BCUT2D eigenvalue weighted by Gasteiger charge is 2.43. The second-order valence-electron chi connectivity index (χ2n) is 8.74. The smallest absolute Gasteiger partial charge is 0.336 e. The van der Waals surface area contributed by atoms with Crippen molar-refractivity contribution in [1.82, 2.24) is 0 Å². The second kappa shape index (κ2) is 13.5. The van der Waals surface area contributed by atoms with E-state index in [9.17, 15) is 19.7 Å². The number of nitro groups is 1. The van der Waals surface area contributed by atoms with E-state index in [0.29, 0.717) is 48.6 Å². The third-order valence-electron chi connectivity index (χ3n) is 6.30. The maximum Gasteiger partial charge on any atom is 0.336 e. The molecule has 0 bridgehead atoms. The van der Waals surface area contributed by atoms with Crippen LogP contribution in [0, 0.1) is 16.0 Å². The fourth-order valence-corrected chi connectivity index (χ4v) is 4.47. The normalized spacial score (nSPS) is 17.0. The molecule has 2 aromatic carbocycles. The lowest BCUT2D eigenvalue weighted by atomic mass is 9.74. The van der Waals surface area contributed by atoms with Crippen LogP contribution in [0.3, 0.4) is 0 Å². The highest BCUT2D eigenvalue weighted by atomic mass is 16.6. The molecule has 202 valence electrons. The minimum Gasteiger partial charge on any atom is -0.493 e. The summed E-state index contributed by atoms with van der Waals surface area (Å²) in [5.41, 5.74) is 2.36. The molecule has 2 aromatic rings. The Kier molecular flexibility index (Phi) is 10.1. The van der Waals surface area contributed by atoms with Crippen molar-refractivity contribution in [3.63, 3.8) is 0 Å². The monoisotopic (exact) mass is 524 g/mol. The van der Waals surface area contributed by atoms with Crippen LogP contribution in [-0.4, -0.2) is 54.6 Å². The average Bonchev–Trinajstić information content (AvgIpc) is 2.92. The minimum absolute atomic E-state index is 0.0626. The van der Waals surface area contributed by atoms with Crippen molar-refractivity contribution in [3.8, 4) is 5.75 Å². The van der Waals surface area contributed by atoms with Gasteiger partial charge >= 0.3 is 11.9 Å². The number of esters is 2. The van der Waals surface area contributed by atoms with Gasteiger partial charge in [-0.1, -0.05) is 31.2 Å². The predicted octanol–water partition coefficient (Wildman–Crippen LogP) is 4.15. The first-order valence-electron chi connectivity index (χ1n) is 12.4. The van der Waals surface area contributed by atoms with Crippen LogP contribution in [0.2, 0.25) is 0 Å². The number of rotatable bonds is 12. The van der Waals surface area contributed by atoms with Gasteiger partial charge in [0.15, 0.2) is 0 Å². The van der Waals surface area contributed by atoms with Gasteiger partial charge in [-0.2, -0.15) is 0 Å². The van der Waals surface area contributed by atoms with Crippen molar-refractivity contribution in [1.29, 1.82) is 0 Å². The number of methoxy groups -OCH3 is 1. The molecule has 1 N–H and O–H groups in total. The molecule has 2 atom stereocenters. The van der Waals surface area contributed by atoms with Gasteiger partial charge in [0.25, 0.3) is 5.69 Å².